The Morgan fingerprint density at radius 2 is 1.76 bits per heavy atom. The van der Waals surface area contributed by atoms with Gasteiger partial charge in [-0.05, 0) is 55.9 Å². The highest BCUT2D eigenvalue weighted by molar-refractivity contribution is 5.31. The van der Waals surface area contributed by atoms with Crippen LogP contribution in [0.2, 0.25) is 0 Å². The van der Waals surface area contributed by atoms with Gasteiger partial charge < -0.3 is 14.6 Å². The molecule has 2 rings (SSSR count). The molecule has 1 aromatic carbocycles. The maximum absolute atomic E-state index is 10.1. The summed E-state index contributed by atoms with van der Waals surface area (Å²) in [5.41, 5.74) is 0. The van der Waals surface area contributed by atoms with E-state index in [4.69, 9.17) is 9.47 Å². The summed E-state index contributed by atoms with van der Waals surface area (Å²) in [6.07, 6.45) is 5.97. The Balaban J connectivity index is 1.89. The molecule has 0 saturated heterocycles. The maximum atomic E-state index is 10.1. The van der Waals surface area contributed by atoms with Crippen LogP contribution in [0.3, 0.4) is 0 Å². The van der Waals surface area contributed by atoms with Gasteiger partial charge in [0.05, 0.1) is 12.7 Å². The molecule has 3 heteroatoms. The third-order valence-electron chi connectivity index (χ3n) is 4.15. The lowest BCUT2D eigenvalue weighted by atomic mass is 9.83. The van der Waals surface area contributed by atoms with Crippen molar-refractivity contribution in [2.75, 3.05) is 6.61 Å². The highest BCUT2D eigenvalue weighted by Gasteiger charge is 2.30. The van der Waals surface area contributed by atoms with Crippen LogP contribution < -0.4 is 9.47 Å². The van der Waals surface area contributed by atoms with Crippen molar-refractivity contribution in [1.82, 2.24) is 0 Å². The summed E-state index contributed by atoms with van der Waals surface area (Å²) in [6, 6.07) is 7.73. The molecule has 118 valence electrons. The van der Waals surface area contributed by atoms with Gasteiger partial charge in [0.2, 0.25) is 0 Å². The quantitative estimate of drug-likeness (QED) is 0.819. The third-order valence-corrected chi connectivity index (χ3v) is 4.15. The second kappa shape index (κ2) is 8.28. The SMILES string of the molecule is CCCOc1ccc(OC2CC(CCC)CCC2O)cc1. The van der Waals surface area contributed by atoms with Crippen LogP contribution in [0.15, 0.2) is 24.3 Å². The van der Waals surface area contributed by atoms with E-state index < -0.39 is 0 Å². The monoisotopic (exact) mass is 292 g/mol. The molecular weight excluding hydrogens is 264 g/mol. The number of ether oxygens (including phenoxy) is 2. The first-order valence-corrected chi connectivity index (χ1v) is 8.30. The van der Waals surface area contributed by atoms with Gasteiger partial charge in [0.1, 0.15) is 17.6 Å². The van der Waals surface area contributed by atoms with E-state index in [-0.39, 0.29) is 12.2 Å². The Labute approximate surface area is 128 Å². The standard InChI is InChI=1S/C18H28O3/c1-3-5-14-6-11-17(19)18(13-14)21-16-9-7-15(8-10-16)20-12-4-2/h7-10,14,17-19H,3-6,11-13H2,1-2H3. The minimum absolute atomic E-state index is 0.0716. The van der Waals surface area contributed by atoms with Crippen LogP contribution >= 0.6 is 0 Å². The Morgan fingerprint density at radius 3 is 2.43 bits per heavy atom. The Bertz CT molecular complexity index is 401. The Hall–Kier alpha value is -1.22. The van der Waals surface area contributed by atoms with E-state index in [1.54, 1.807) is 0 Å². The van der Waals surface area contributed by atoms with Crippen molar-refractivity contribution in [2.45, 2.75) is 64.6 Å². The lowest BCUT2D eigenvalue weighted by Gasteiger charge is -2.33. The molecular formula is C18H28O3. The lowest BCUT2D eigenvalue weighted by Crippen LogP contribution is -2.38. The second-order valence-corrected chi connectivity index (χ2v) is 6.01. The van der Waals surface area contributed by atoms with Crippen molar-refractivity contribution in [3.8, 4) is 11.5 Å². The van der Waals surface area contributed by atoms with Gasteiger partial charge in [0, 0.05) is 0 Å². The number of rotatable bonds is 7. The highest BCUT2D eigenvalue weighted by atomic mass is 16.5. The predicted molar refractivity (Wildman–Crippen MR) is 84.9 cm³/mol. The molecule has 21 heavy (non-hydrogen) atoms. The molecule has 0 heterocycles. The molecule has 1 aliphatic carbocycles. The van der Waals surface area contributed by atoms with Crippen LogP contribution in [0.5, 0.6) is 11.5 Å². The fourth-order valence-electron chi connectivity index (χ4n) is 3.00. The fraction of sp³-hybridized carbons (Fsp3) is 0.667. The van der Waals surface area contributed by atoms with E-state index in [9.17, 15) is 5.11 Å². The fourth-order valence-corrected chi connectivity index (χ4v) is 3.00. The highest BCUT2D eigenvalue weighted by Crippen LogP contribution is 2.31. The van der Waals surface area contributed by atoms with Gasteiger partial charge in [0.25, 0.3) is 0 Å². The first kappa shape index (κ1) is 16.2. The largest absolute Gasteiger partial charge is 0.494 e. The molecule has 1 aromatic rings. The van der Waals surface area contributed by atoms with Crippen molar-refractivity contribution in [2.24, 2.45) is 5.92 Å². The summed E-state index contributed by atoms with van der Waals surface area (Å²) in [6.45, 7) is 5.05. The molecule has 0 aromatic heterocycles. The van der Waals surface area contributed by atoms with Crippen molar-refractivity contribution < 1.29 is 14.6 Å². The van der Waals surface area contributed by atoms with Gasteiger partial charge >= 0.3 is 0 Å². The average Bonchev–Trinajstić information content (AvgIpc) is 2.50. The number of hydrogen-bond donors (Lipinski definition) is 1. The normalized spacial score (nSPS) is 25.6. The number of hydrogen-bond acceptors (Lipinski definition) is 3. The topological polar surface area (TPSA) is 38.7 Å². The van der Waals surface area contributed by atoms with Crippen molar-refractivity contribution in [3.63, 3.8) is 0 Å². The van der Waals surface area contributed by atoms with Crippen LogP contribution in [-0.2, 0) is 0 Å². The second-order valence-electron chi connectivity index (χ2n) is 6.01. The zero-order valence-electron chi connectivity index (χ0n) is 13.3. The Morgan fingerprint density at radius 1 is 1.05 bits per heavy atom. The summed E-state index contributed by atoms with van der Waals surface area (Å²) >= 11 is 0. The molecule has 0 aliphatic heterocycles. The molecule has 3 unspecified atom stereocenters. The van der Waals surface area contributed by atoms with Crippen LogP contribution in [0, 0.1) is 5.92 Å². The molecule has 3 nitrogen and oxygen atoms in total. The first-order chi connectivity index (χ1) is 10.2. The third kappa shape index (κ3) is 4.92. The van der Waals surface area contributed by atoms with Gasteiger partial charge in [-0.3, -0.25) is 0 Å². The van der Waals surface area contributed by atoms with Crippen LogP contribution in [0.25, 0.3) is 0 Å². The molecule has 3 atom stereocenters. The smallest absolute Gasteiger partial charge is 0.125 e. The molecule has 1 fully saturated rings. The molecule has 1 saturated carbocycles. The van der Waals surface area contributed by atoms with Crippen LogP contribution in [-0.4, -0.2) is 23.9 Å². The number of aliphatic hydroxyl groups excluding tert-OH is 1. The number of aliphatic hydroxyl groups is 1. The van der Waals surface area contributed by atoms with Crippen LogP contribution in [0.1, 0.15) is 52.4 Å². The summed E-state index contributed by atoms with van der Waals surface area (Å²) < 4.78 is 11.6. The first-order valence-electron chi connectivity index (χ1n) is 8.30. The van der Waals surface area contributed by atoms with Gasteiger partial charge in [-0.25, -0.2) is 0 Å². The Kier molecular flexibility index (Phi) is 6.37. The molecule has 1 aliphatic rings. The molecule has 0 spiro atoms. The lowest BCUT2D eigenvalue weighted by molar-refractivity contribution is -0.0117. The van der Waals surface area contributed by atoms with Gasteiger partial charge in [-0.1, -0.05) is 26.7 Å². The van der Waals surface area contributed by atoms with Crippen molar-refractivity contribution in [3.05, 3.63) is 24.3 Å². The minimum Gasteiger partial charge on any atom is -0.494 e. The molecule has 0 amide bonds. The zero-order chi connectivity index (χ0) is 15.1. The summed E-state index contributed by atoms with van der Waals surface area (Å²) in [5, 5.41) is 10.1. The van der Waals surface area contributed by atoms with Crippen molar-refractivity contribution in [1.29, 1.82) is 0 Å². The summed E-state index contributed by atoms with van der Waals surface area (Å²) in [5.74, 6) is 2.38. The van der Waals surface area contributed by atoms with E-state index in [1.165, 1.54) is 12.8 Å². The maximum Gasteiger partial charge on any atom is 0.125 e. The van der Waals surface area contributed by atoms with Gasteiger partial charge in [-0.2, -0.15) is 0 Å². The van der Waals surface area contributed by atoms with E-state index in [0.717, 1.165) is 43.8 Å². The van der Waals surface area contributed by atoms with E-state index in [1.807, 2.05) is 24.3 Å². The predicted octanol–water partition coefficient (Wildman–Crippen LogP) is 4.18. The molecule has 1 N–H and O–H groups in total. The number of benzene rings is 1. The zero-order valence-corrected chi connectivity index (χ0v) is 13.3. The summed E-state index contributed by atoms with van der Waals surface area (Å²) in [7, 11) is 0. The average molecular weight is 292 g/mol. The van der Waals surface area contributed by atoms with E-state index in [2.05, 4.69) is 13.8 Å². The molecule has 0 radical (unpaired) electrons. The minimum atomic E-state index is -0.339. The molecule has 0 bridgehead atoms. The van der Waals surface area contributed by atoms with Gasteiger partial charge in [0.15, 0.2) is 0 Å². The van der Waals surface area contributed by atoms with Crippen LogP contribution in [0.4, 0.5) is 0 Å². The summed E-state index contributed by atoms with van der Waals surface area (Å²) in [4.78, 5) is 0. The van der Waals surface area contributed by atoms with E-state index in [0.29, 0.717) is 5.92 Å². The van der Waals surface area contributed by atoms with Crippen molar-refractivity contribution >= 4 is 0 Å². The van der Waals surface area contributed by atoms with E-state index >= 15 is 0 Å². The van der Waals surface area contributed by atoms with Gasteiger partial charge in [-0.15, -0.1) is 0 Å².